The minimum absolute atomic E-state index is 0.393. The van der Waals surface area contributed by atoms with E-state index in [0.717, 1.165) is 12.8 Å². The van der Waals surface area contributed by atoms with Crippen LogP contribution in [0.2, 0.25) is 0 Å². The lowest BCUT2D eigenvalue weighted by Crippen LogP contribution is -2.70. The smallest absolute Gasteiger partial charge is 0.330 e. The third kappa shape index (κ3) is 5.21. The van der Waals surface area contributed by atoms with Crippen molar-refractivity contribution in [1.29, 1.82) is 0 Å². The average molecular weight is 427 g/mol. The van der Waals surface area contributed by atoms with E-state index in [1.165, 1.54) is 19.1 Å². The first-order chi connectivity index (χ1) is 14.0. The number of aliphatic hydroxyl groups excluding tert-OH is 1. The summed E-state index contributed by atoms with van der Waals surface area (Å²) in [7, 11) is 0. The maximum atomic E-state index is 12.4. The van der Waals surface area contributed by atoms with Gasteiger partial charge < -0.3 is 24.1 Å². The minimum atomic E-state index is -1.06. The minimum Gasteiger partial charge on any atom is -0.458 e. The summed E-state index contributed by atoms with van der Waals surface area (Å²) in [5, 5.41) is 9.86. The fourth-order valence-electron chi connectivity index (χ4n) is 4.44. The zero-order valence-corrected chi connectivity index (χ0v) is 18.6. The molecule has 0 aromatic rings. The number of carbonyl (C=O) groups excluding carboxylic acids is 3. The van der Waals surface area contributed by atoms with Gasteiger partial charge in [0.1, 0.15) is 23.9 Å². The van der Waals surface area contributed by atoms with Crippen LogP contribution in [0.25, 0.3) is 0 Å². The summed E-state index contributed by atoms with van der Waals surface area (Å²) >= 11 is 0. The molecule has 0 radical (unpaired) electrons. The van der Waals surface area contributed by atoms with E-state index >= 15 is 0 Å². The van der Waals surface area contributed by atoms with Crippen LogP contribution in [0.15, 0.2) is 12.2 Å². The molecule has 8 atom stereocenters. The summed E-state index contributed by atoms with van der Waals surface area (Å²) in [6.45, 7) is 10.3. The van der Waals surface area contributed by atoms with Crippen LogP contribution in [0.3, 0.4) is 0 Å². The Hall–Kier alpha value is -1.93. The lowest BCUT2D eigenvalue weighted by atomic mass is 9.73. The number of rotatable bonds is 7. The summed E-state index contributed by atoms with van der Waals surface area (Å²) in [5.74, 6) is -2.67. The summed E-state index contributed by atoms with van der Waals surface area (Å²) in [5.41, 5.74) is -1.06. The van der Waals surface area contributed by atoms with Crippen LogP contribution in [-0.4, -0.2) is 59.1 Å². The number of aliphatic hydroxyl groups is 1. The number of hydrogen-bond acceptors (Lipinski definition) is 8. The number of fused-ring (bicyclic) bond motifs is 1. The fourth-order valence-corrected chi connectivity index (χ4v) is 4.44. The average Bonchev–Trinajstić information content (AvgIpc) is 2.67. The molecular formula is C22H34O8. The van der Waals surface area contributed by atoms with Gasteiger partial charge in [0.15, 0.2) is 0 Å². The Labute approximate surface area is 177 Å². The highest BCUT2D eigenvalue weighted by atomic mass is 16.6. The molecule has 2 saturated heterocycles. The van der Waals surface area contributed by atoms with Crippen LogP contribution in [-0.2, 0) is 33.3 Å². The molecule has 0 unspecified atom stereocenters. The predicted octanol–water partition coefficient (Wildman–Crippen LogP) is 2.31. The lowest BCUT2D eigenvalue weighted by Gasteiger charge is -2.55. The Balaban J connectivity index is 2.14. The Bertz CT molecular complexity index is 674. The van der Waals surface area contributed by atoms with Crippen molar-refractivity contribution in [3.05, 3.63) is 12.2 Å². The molecule has 30 heavy (non-hydrogen) atoms. The fraction of sp³-hybridized carbons (Fsp3) is 0.773. The van der Waals surface area contributed by atoms with E-state index in [4.69, 9.17) is 18.9 Å². The van der Waals surface area contributed by atoms with Gasteiger partial charge in [0.25, 0.3) is 0 Å². The molecule has 170 valence electrons. The molecule has 2 aliphatic rings. The Morgan fingerprint density at radius 2 is 1.93 bits per heavy atom. The van der Waals surface area contributed by atoms with Crippen LogP contribution >= 0.6 is 0 Å². The van der Waals surface area contributed by atoms with Gasteiger partial charge in [-0.3, -0.25) is 9.59 Å². The van der Waals surface area contributed by atoms with Crippen molar-refractivity contribution in [1.82, 2.24) is 0 Å². The molecule has 2 rings (SSSR count). The highest BCUT2D eigenvalue weighted by Gasteiger charge is 2.62. The van der Waals surface area contributed by atoms with E-state index in [1.54, 1.807) is 20.8 Å². The van der Waals surface area contributed by atoms with Gasteiger partial charge in [-0.2, -0.15) is 0 Å². The number of esters is 3. The van der Waals surface area contributed by atoms with E-state index in [9.17, 15) is 19.5 Å². The first-order valence-electron chi connectivity index (χ1n) is 10.6. The quantitative estimate of drug-likeness (QED) is 0.375. The second-order valence-corrected chi connectivity index (χ2v) is 8.51. The molecule has 0 aromatic carbocycles. The highest BCUT2D eigenvalue weighted by Crippen LogP contribution is 2.45. The molecule has 2 aliphatic heterocycles. The number of ether oxygens (including phenoxy) is 4. The second kappa shape index (κ2) is 9.92. The molecular weight excluding hydrogens is 392 g/mol. The summed E-state index contributed by atoms with van der Waals surface area (Å²) in [6.07, 6.45) is 1.56. The third-order valence-corrected chi connectivity index (χ3v) is 5.95. The molecule has 1 N–H and O–H groups in total. The number of carbonyl (C=O) groups is 3. The predicted molar refractivity (Wildman–Crippen MR) is 107 cm³/mol. The van der Waals surface area contributed by atoms with Gasteiger partial charge in [0, 0.05) is 18.9 Å². The molecule has 0 aromatic heterocycles. The molecule has 8 heteroatoms. The molecule has 0 amide bonds. The normalized spacial score (nSPS) is 37.2. The van der Waals surface area contributed by atoms with Crippen molar-refractivity contribution in [2.45, 2.75) is 96.9 Å². The number of hydrogen-bond donors (Lipinski definition) is 1. The first-order valence-corrected chi connectivity index (χ1v) is 10.6. The van der Waals surface area contributed by atoms with Crippen LogP contribution in [0.4, 0.5) is 0 Å². The standard InChI is InChI=1S/C22H34O8/c1-7-8-9-16(24)10-11-17(25)28-18-12(2)19-22(6,30-14(18)4)20(27-15(5)23)13(3)21(26)29-19/h10-14,16,18-20,24H,7-9H2,1-6H3/b11-10+/t12-,13-,14+,16+,18-,19+,20+,22+/m1/s1. The zero-order valence-electron chi connectivity index (χ0n) is 18.6. The van der Waals surface area contributed by atoms with Crippen molar-refractivity contribution in [3.8, 4) is 0 Å². The summed E-state index contributed by atoms with van der Waals surface area (Å²) < 4.78 is 22.8. The van der Waals surface area contributed by atoms with E-state index in [0.29, 0.717) is 6.42 Å². The Morgan fingerprint density at radius 1 is 1.27 bits per heavy atom. The second-order valence-electron chi connectivity index (χ2n) is 8.51. The van der Waals surface area contributed by atoms with Crippen LogP contribution < -0.4 is 0 Å². The Morgan fingerprint density at radius 3 is 2.53 bits per heavy atom. The van der Waals surface area contributed by atoms with E-state index in [2.05, 4.69) is 0 Å². The van der Waals surface area contributed by atoms with E-state index < -0.39 is 65.9 Å². The van der Waals surface area contributed by atoms with Gasteiger partial charge in [0.05, 0.1) is 18.1 Å². The molecule has 0 spiro atoms. The van der Waals surface area contributed by atoms with Crippen molar-refractivity contribution in [2.75, 3.05) is 0 Å². The molecule has 2 heterocycles. The van der Waals surface area contributed by atoms with Crippen molar-refractivity contribution >= 4 is 17.9 Å². The molecule has 0 saturated carbocycles. The largest absolute Gasteiger partial charge is 0.458 e. The van der Waals surface area contributed by atoms with Gasteiger partial charge in [-0.1, -0.05) is 26.7 Å². The van der Waals surface area contributed by atoms with Crippen LogP contribution in [0, 0.1) is 11.8 Å². The van der Waals surface area contributed by atoms with E-state index in [-0.39, 0.29) is 0 Å². The maximum absolute atomic E-state index is 12.4. The highest BCUT2D eigenvalue weighted by molar-refractivity contribution is 5.82. The third-order valence-electron chi connectivity index (χ3n) is 5.95. The summed E-state index contributed by atoms with van der Waals surface area (Å²) in [4.78, 5) is 36.3. The molecule has 0 bridgehead atoms. The van der Waals surface area contributed by atoms with Crippen molar-refractivity contribution in [3.63, 3.8) is 0 Å². The van der Waals surface area contributed by atoms with Gasteiger partial charge in [-0.15, -0.1) is 0 Å². The van der Waals surface area contributed by atoms with Gasteiger partial charge >= 0.3 is 17.9 Å². The zero-order chi connectivity index (χ0) is 22.6. The van der Waals surface area contributed by atoms with Gasteiger partial charge in [0.2, 0.25) is 0 Å². The van der Waals surface area contributed by atoms with Crippen molar-refractivity contribution in [2.24, 2.45) is 11.8 Å². The monoisotopic (exact) mass is 426 g/mol. The van der Waals surface area contributed by atoms with Crippen molar-refractivity contribution < 1.29 is 38.4 Å². The van der Waals surface area contributed by atoms with E-state index in [1.807, 2.05) is 13.8 Å². The van der Waals surface area contributed by atoms with Crippen LogP contribution in [0.5, 0.6) is 0 Å². The first kappa shape index (κ1) is 24.3. The SMILES string of the molecule is CCCC[C@H](O)/C=C/C(=O)O[C@@H]1[C@@H](C)[C@@H]2OC(=O)[C@H](C)[C@H](OC(C)=O)[C@@]2(C)O[C@H]1C. The lowest BCUT2D eigenvalue weighted by molar-refractivity contribution is -0.300. The number of unbranched alkanes of at least 4 members (excludes halogenated alkanes) is 1. The van der Waals surface area contributed by atoms with Crippen LogP contribution in [0.1, 0.15) is 60.8 Å². The Kier molecular flexibility index (Phi) is 8.05. The summed E-state index contributed by atoms with van der Waals surface area (Å²) in [6, 6.07) is 0. The van der Waals surface area contributed by atoms with Gasteiger partial charge in [-0.25, -0.2) is 4.79 Å². The van der Waals surface area contributed by atoms with Gasteiger partial charge in [-0.05, 0) is 33.3 Å². The molecule has 8 nitrogen and oxygen atoms in total. The molecule has 0 aliphatic carbocycles. The topological polar surface area (TPSA) is 108 Å². The molecule has 2 fully saturated rings. The maximum Gasteiger partial charge on any atom is 0.330 e.